The third-order valence-corrected chi connectivity index (χ3v) is 3.49. The molecule has 2 N–H and O–H groups in total. The third-order valence-electron chi connectivity index (χ3n) is 3.49. The van der Waals surface area contributed by atoms with Gasteiger partial charge in [0, 0.05) is 12.7 Å². The second-order valence-corrected chi connectivity index (χ2v) is 5.27. The summed E-state index contributed by atoms with van der Waals surface area (Å²) < 4.78 is 0. The molecule has 0 heterocycles. The molecule has 3 heteroatoms. The van der Waals surface area contributed by atoms with E-state index in [9.17, 15) is 4.79 Å². The first-order valence-corrected chi connectivity index (χ1v) is 6.00. The number of anilines is 1. The molecule has 3 nitrogen and oxygen atoms in total. The highest BCUT2D eigenvalue weighted by Crippen LogP contribution is 2.36. The van der Waals surface area contributed by atoms with Crippen LogP contribution >= 0.6 is 0 Å². The number of rotatable bonds is 2. The van der Waals surface area contributed by atoms with E-state index in [0.717, 1.165) is 29.7 Å². The Morgan fingerprint density at radius 2 is 1.71 bits per heavy atom. The zero-order chi connectivity index (χ0) is 12.8. The van der Waals surface area contributed by atoms with E-state index in [0.29, 0.717) is 0 Å². The van der Waals surface area contributed by atoms with Crippen LogP contribution in [0.25, 0.3) is 0 Å². The Balaban J connectivity index is 2.37. The zero-order valence-corrected chi connectivity index (χ0v) is 11.0. The van der Waals surface area contributed by atoms with Gasteiger partial charge in [0.1, 0.15) is 0 Å². The smallest absolute Gasteiger partial charge is 0.246 e. The van der Waals surface area contributed by atoms with Gasteiger partial charge in [-0.3, -0.25) is 4.79 Å². The molecule has 0 aromatic heterocycles. The van der Waals surface area contributed by atoms with Crippen molar-refractivity contribution < 1.29 is 4.79 Å². The first kappa shape index (κ1) is 12.1. The van der Waals surface area contributed by atoms with E-state index in [4.69, 9.17) is 5.73 Å². The average Bonchev–Trinajstić information content (AvgIpc) is 2.95. The molecule has 0 atom stereocenters. The Morgan fingerprint density at radius 1 is 1.24 bits per heavy atom. The fourth-order valence-corrected chi connectivity index (χ4v) is 2.49. The molecule has 1 aliphatic rings. The number of amides is 1. The minimum absolute atomic E-state index is 0.0348. The molecule has 0 saturated heterocycles. The molecule has 2 rings (SSSR count). The van der Waals surface area contributed by atoms with Crippen LogP contribution in [0.5, 0.6) is 0 Å². The van der Waals surface area contributed by atoms with Gasteiger partial charge in [0.15, 0.2) is 0 Å². The number of nitrogens with zero attached hydrogens (tertiary/aromatic N) is 1. The Morgan fingerprint density at radius 3 is 2.12 bits per heavy atom. The van der Waals surface area contributed by atoms with Crippen LogP contribution in [0, 0.1) is 20.8 Å². The van der Waals surface area contributed by atoms with Crippen molar-refractivity contribution in [2.24, 2.45) is 5.73 Å². The van der Waals surface area contributed by atoms with Crippen LogP contribution in [-0.4, -0.2) is 18.5 Å². The second-order valence-electron chi connectivity index (χ2n) is 5.27. The van der Waals surface area contributed by atoms with Crippen LogP contribution in [0.15, 0.2) is 12.1 Å². The summed E-state index contributed by atoms with van der Waals surface area (Å²) in [4.78, 5) is 13.9. The third kappa shape index (κ3) is 2.07. The first-order valence-electron chi connectivity index (χ1n) is 6.00. The van der Waals surface area contributed by atoms with Crippen molar-refractivity contribution in [3.05, 3.63) is 28.8 Å². The zero-order valence-electron chi connectivity index (χ0n) is 11.0. The van der Waals surface area contributed by atoms with Gasteiger partial charge in [0.05, 0.1) is 5.54 Å². The van der Waals surface area contributed by atoms with Gasteiger partial charge in [0.2, 0.25) is 5.91 Å². The van der Waals surface area contributed by atoms with E-state index in [1.165, 1.54) is 5.56 Å². The average molecular weight is 232 g/mol. The summed E-state index contributed by atoms with van der Waals surface area (Å²) >= 11 is 0. The van der Waals surface area contributed by atoms with Gasteiger partial charge < -0.3 is 10.6 Å². The van der Waals surface area contributed by atoms with Gasteiger partial charge in [-0.1, -0.05) is 17.7 Å². The van der Waals surface area contributed by atoms with Gasteiger partial charge in [-0.05, 0) is 44.7 Å². The number of aryl methyl sites for hydroxylation is 3. The van der Waals surface area contributed by atoms with Crippen LogP contribution in [0.1, 0.15) is 29.5 Å². The van der Waals surface area contributed by atoms with Crippen molar-refractivity contribution in [3.63, 3.8) is 0 Å². The molecule has 1 aromatic rings. The monoisotopic (exact) mass is 232 g/mol. The highest BCUT2D eigenvalue weighted by Gasteiger charge is 2.48. The van der Waals surface area contributed by atoms with Crippen molar-refractivity contribution in [2.75, 3.05) is 11.9 Å². The second kappa shape index (κ2) is 3.84. The lowest BCUT2D eigenvalue weighted by Crippen LogP contribution is -2.44. The molecular formula is C14H20N2O. The maximum atomic E-state index is 12.2. The van der Waals surface area contributed by atoms with Crippen molar-refractivity contribution in [3.8, 4) is 0 Å². The Kier molecular flexibility index (Phi) is 2.74. The standard InChI is InChI=1S/C14H20N2O/c1-9-7-10(2)12(11(3)8-9)16(4)13(17)14(15)5-6-14/h7-8H,5-6,15H2,1-4H3. The maximum absolute atomic E-state index is 12.2. The van der Waals surface area contributed by atoms with Crippen LogP contribution in [0.4, 0.5) is 5.69 Å². The van der Waals surface area contributed by atoms with Gasteiger partial charge in [-0.25, -0.2) is 0 Å². The fourth-order valence-electron chi connectivity index (χ4n) is 2.49. The minimum Gasteiger partial charge on any atom is -0.317 e. The molecule has 0 radical (unpaired) electrons. The Labute approximate surface area is 103 Å². The lowest BCUT2D eigenvalue weighted by atomic mass is 10.0. The maximum Gasteiger partial charge on any atom is 0.246 e. The lowest BCUT2D eigenvalue weighted by molar-refractivity contribution is -0.120. The van der Waals surface area contributed by atoms with Crippen molar-refractivity contribution in [2.45, 2.75) is 39.2 Å². The summed E-state index contributed by atoms with van der Waals surface area (Å²) in [7, 11) is 1.82. The van der Waals surface area contributed by atoms with Gasteiger partial charge >= 0.3 is 0 Å². The quantitative estimate of drug-likeness (QED) is 0.848. The summed E-state index contributed by atoms with van der Waals surface area (Å²) in [6.45, 7) is 6.14. The number of likely N-dealkylation sites (N-methyl/N-ethyl adjacent to an activating group) is 1. The molecule has 1 fully saturated rings. The first-order chi connectivity index (χ1) is 7.85. The summed E-state index contributed by atoms with van der Waals surface area (Å²) in [5, 5.41) is 0. The van der Waals surface area contributed by atoms with E-state index in [1.807, 2.05) is 20.9 Å². The summed E-state index contributed by atoms with van der Waals surface area (Å²) in [5.74, 6) is 0.0348. The number of carbonyl (C=O) groups excluding carboxylic acids is 1. The Bertz CT molecular complexity index is 452. The number of benzene rings is 1. The summed E-state index contributed by atoms with van der Waals surface area (Å²) in [5.41, 5.74) is 9.84. The highest BCUT2D eigenvalue weighted by molar-refractivity contribution is 6.02. The predicted octanol–water partition coefficient (Wildman–Crippen LogP) is 2.07. The van der Waals surface area contributed by atoms with E-state index >= 15 is 0 Å². The lowest BCUT2D eigenvalue weighted by Gasteiger charge is -2.25. The molecule has 1 aromatic carbocycles. The van der Waals surface area contributed by atoms with Crippen LogP contribution in [0.2, 0.25) is 0 Å². The molecule has 0 unspecified atom stereocenters. The molecule has 0 spiro atoms. The number of hydrogen-bond donors (Lipinski definition) is 1. The van der Waals surface area contributed by atoms with Crippen molar-refractivity contribution in [1.29, 1.82) is 0 Å². The van der Waals surface area contributed by atoms with Gasteiger partial charge in [0.25, 0.3) is 0 Å². The molecule has 0 bridgehead atoms. The summed E-state index contributed by atoms with van der Waals surface area (Å²) in [6, 6.07) is 4.20. The van der Waals surface area contributed by atoms with E-state index in [2.05, 4.69) is 19.1 Å². The highest BCUT2D eigenvalue weighted by atomic mass is 16.2. The van der Waals surface area contributed by atoms with E-state index < -0.39 is 5.54 Å². The molecular weight excluding hydrogens is 212 g/mol. The van der Waals surface area contributed by atoms with Crippen LogP contribution in [0.3, 0.4) is 0 Å². The number of carbonyl (C=O) groups is 1. The largest absolute Gasteiger partial charge is 0.317 e. The van der Waals surface area contributed by atoms with Crippen molar-refractivity contribution >= 4 is 11.6 Å². The molecule has 17 heavy (non-hydrogen) atoms. The summed E-state index contributed by atoms with van der Waals surface area (Å²) in [6.07, 6.45) is 1.61. The molecule has 1 saturated carbocycles. The van der Waals surface area contributed by atoms with Crippen LogP contribution in [-0.2, 0) is 4.79 Å². The van der Waals surface area contributed by atoms with Gasteiger partial charge in [-0.2, -0.15) is 0 Å². The SMILES string of the molecule is Cc1cc(C)c(N(C)C(=O)C2(N)CC2)c(C)c1. The topological polar surface area (TPSA) is 46.3 Å². The van der Waals surface area contributed by atoms with E-state index in [1.54, 1.807) is 4.90 Å². The van der Waals surface area contributed by atoms with Crippen molar-refractivity contribution in [1.82, 2.24) is 0 Å². The van der Waals surface area contributed by atoms with E-state index in [-0.39, 0.29) is 5.91 Å². The number of hydrogen-bond acceptors (Lipinski definition) is 2. The fraction of sp³-hybridized carbons (Fsp3) is 0.500. The normalized spacial score (nSPS) is 16.8. The predicted molar refractivity (Wildman–Crippen MR) is 70.2 cm³/mol. The molecule has 0 aliphatic heterocycles. The molecule has 92 valence electrons. The Hall–Kier alpha value is -1.35. The minimum atomic E-state index is -0.599. The van der Waals surface area contributed by atoms with Crippen LogP contribution < -0.4 is 10.6 Å². The molecule has 1 aliphatic carbocycles. The van der Waals surface area contributed by atoms with Gasteiger partial charge in [-0.15, -0.1) is 0 Å². The number of nitrogens with two attached hydrogens (primary N) is 1. The molecule has 1 amide bonds.